The average molecular weight is 300 g/mol. The van der Waals surface area contributed by atoms with Crippen LogP contribution in [0.4, 0.5) is 13.2 Å². The zero-order chi connectivity index (χ0) is 15.5. The first-order chi connectivity index (χ1) is 9.90. The van der Waals surface area contributed by atoms with Crippen LogP contribution in [0.15, 0.2) is 24.3 Å². The molecule has 0 amide bonds. The van der Waals surface area contributed by atoms with Crippen molar-refractivity contribution in [3.63, 3.8) is 0 Å². The molecule has 21 heavy (non-hydrogen) atoms. The molecule has 0 aromatic heterocycles. The maximum absolute atomic E-state index is 13.1. The highest BCUT2D eigenvalue weighted by Crippen LogP contribution is 2.33. The lowest BCUT2D eigenvalue weighted by atomic mass is 9.90. The van der Waals surface area contributed by atoms with E-state index in [2.05, 4.69) is 24.1 Å². The fourth-order valence-corrected chi connectivity index (χ4v) is 3.08. The fourth-order valence-electron chi connectivity index (χ4n) is 3.08. The van der Waals surface area contributed by atoms with E-state index in [0.29, 0.717) is 12.1 Å². The van der Waals surface area contributed by atoms with E-state index in [1.54, 1.807) is 12.1 Å². The highest BCUT2D eigenvalue weighted by Gasteiger charge is 2.35. The van der Waals surface area contributed by atoms with Crippen LogP contribution in [0.2, 0.25) is 0 Å². The molecule has 2 nitrogen and oxygen atoms in total. The van der Waals surface area contributed by atoms with Crippen LogP contribution in [0, 0.1) is 0 Å². The van der Waals surface area contributed by atoms with Crippen LogP contribution in [0.1, 0.15) is 37.8 Å². The van der Waals surface area contributed by atoms with Crippen LogP contribution in [0.3, 0.4) is 0 Å². The summed E-state index contributed by atoms with van der Waals surface area (Å²) in [6.45, 7) is 7.03. The molecule has 0 saturated carbocycles. The summed E-state index contributed by atoms with van der Waals surface area (Å²) in [6, 6.07) is 5.89. The van der Waals surface area contributed by atoms with Crippen LogP contribution < -0.4 is 5.32 Å². The minimum atomic E-state index is -4.28. The first-order valence-electron chi connectivity index (χ1n) is 7.52. The topological polar surface area (TPSA) is 15.3 Å². The van der Waals surface area contributed by atoms with Crippen molar-refractivity contribution in [2.45, 2.75) is 44.9 Å². The van der Waals surface area contributed by atoms with Crippen molar-refractivity contribution in [1.82, 2.24) is 10.2 Å². The second kappa shape index (κ2) is 6.36. The van der Waals surface area contributed by atoms with E-state index in [-0.39, 0.29) is 5.54 Å². The number of nitrogens with one attached hydrogen (secondary N) is 1. The van der Waals surface area contributed by atoms with Gasteiger partial charge in [-0.05, 0) is 24.5 Å². The van der Waals surface area contributed by atoms with Crippen molar-refractivity contribution in [1.29, 1.82) is 0 Å². The smallest absolute Gasteiger partial charge is 0.309 e. The molecule has 1 aliphatic rings. The molecule has 0 radical (unpaired) electrons. The standard InChI is InChI=1S/C16H23F3N2/c1-3-15(4-2)12-21(10-9-20-15)11-13-7-5-6-8-14(13)16(17,18)19/h5-8,20H,3-4,9-12H2,1-2H3. The Morgan fingerprint density at radius 1 is 1.19 bits per heavy atom. The molecule has 0 atom stereocenters. The molecule has 0 bridgehead atoms. The lowest BCUT2D eigenvalue weighted by molar-refractivity contribution is -0.138. The van der Waals surface area contributed by atoms with E-state index >= 15 is 0 Å². The summed E-state index contributed by atoms with van der Waals surface area (Å²) in [5.74, 6) is 0. The fraction of sp³-hybridized carbons (Fsp3) is 0.625. The normalized spacial score (nSPS) is 19.7. The van der Waals surface area contributed by atoms with Gasteiger partial charge in [0.05, 0.1) is 5.56 Å². The van der Waals surface area contributed by atoms with Gasteiger partial charge < -0.3 is 5.32 Å². The predicted octanol–water partition coefficient (Wildman–Crippen LogP) is 3.67. The zero-order valence-corrected chi connectivity index (χ0v) is 12.6. The summed E-state index contributed by atoms with van der Waals surface area (Å²) >= 11 is 0. The first kappa shape index (κ1) is 16.3. The van der Waals surface area contributed by atoms with Crippen LogP contribution in [0.5, 0.6) is 0 Å². The number of hydrogen-bond donors (Lipinski definition) is 1. The molecule has 1 aromatic rings. The lowest BCUT2D eigenvalue weighted by Crippen LogP contribution is -2.59. The SMILES string of the molecule is CCC1(CC)CN(Cc2ccccc2C(F)(F)F)CCN1. The molecule has 2 rings (SSSR count). The molecule has 1 saturated heterocycles. The van der Waals surface area contributed by atoms with Gasteiger partial charge >= 0.3 is 6.18 Å². The second-order valence-electron chi connectivity index (χ2n) is 5.78. The summed E-state index contributed by atoms with van der Waals surface area (Å²) in [5, 5.41) is 3.53. The van der Waals surface area contributed by atoms with Crippen molar-refractivity contribution in [3.05, 3.63) is 35.4 Å². The summed E-state index contributed by atoms with van der Waals surface area (Å²) in [7, 11) is 0. The minimum absolute atomic E-state index is 0.0332. The Morgan fingerprint density at radius 3 is 2.48 bits per heavy atom. The van der Waals surface area contributed by atoms with Gasteiger partial charge in [-0.25, -0.2) is 0 Å². The van der Waals surface area contributed by atoms with Crippen molar-refractivity contribution in [2.75, 3.05) is 19.6 Å². The van der Waals surface area contributed by atoms with E-state index in [4.69, 9.17) is 0 Å². The molecule has 1 heterocycles. The van der Waals surface area contributed by atoms with Crippen LogP contribution in [0.25, 0.3) is 0 Å². The number of hydrogen-bond acceptors (Lipinski definition) is 2. The highest BCUT2D eigenvalue weighted by atomic mass is 19.4. The van der Waals surface area contributed by atoms with Crippen molar-refractivity contribution >= 4 is 0 Å². The van der Waals surface area contributed by atoms with Crippen LogP contribution >= 0.6 is 0 Å². The van der Waals surface area contributed by atoms with Gasteiger partial charge in [0.25, 0.3) is 0 Å². The molecule has 1 fully saturated rings. The van der Waals surface area contributed by atoms with Crippen molar-refractivity contribution in [2.24, 2.45) is 0 Å². The van der Waals surface area contributed by atoms with Gasteiger partial charge in [-0.2, -0.15) is 13.2 Å². The number of halogens is 3. The molecule has 5 heteroatoms. The Balaban J connectivity index is 2.15. The third-order valence-electron chi connectivity index (χ3n) is 4.52. The number of rotatable bonds is 4. The first-order valence-corrected chi connectivity index (χ1v) is 7.52. The summed E-state index contributed by atoms with van der Waals surface area (Å²) < 4.78 is 39.2. The van der Waals surface area contributed by atoms with Crippen LogP contribution in [-0.4, -0.2) is 30.1 Å². The van der Waals surface area contributed by atoms with E-state index < -0.39 is 11.7 Å². The lowest BCUT2D eigenvalue weighted by Gasteiger charge is -2.43. The van der Waals surface area contributed by atoms with E-state index in [1.165, 1.54) is 12.1 Å². The van der Waals surface area contributed by atoms with E-state index in [0.717, 1.165) is 32.5 Å². The number of nitrogens with zero attached hydrogens (tertiary/aromatic N) is 1. The number of benzene rings is 1. The minimum Gasteiger partial charge on any atom is -0.309 e. The predicted molar refractivity (Wildman–Crippen MR) is 78.0 cm³/mol. The average Bonchev–Trinajstić information content (AvgIpc) is 2.47. The summed E-state index contributed by atoms with van der Waals surface area (Å²) in [4.78, 5) is 2.13. The molecule has 1 N–H and O–H groups in total. The third kappa shape index (κ3) is 3.77. The molecule has 0 spiro atoms. The quantitative estimate of drug-likeness (QED) is 0.912. The van der Waals surface area contributed by atoms with Gasteiger partial charge in [-0.15, -0.1) is 0 Å². The van der Waals surface area contributed by atoms with Gasteiger partial charge in [0, 0.05) is 31.7 Å². The Labute approximate surface area is 124 Å². The molecule has 0 aliphatic carbocycles. The van der Waals surface area contributed by atoms with E-state index in [1.807, 2.05) is 0 Å². The Hall–Kier alpha value is -1.07. The molecule has 118 valence electrons. The third-order valence-corrected chi connectivity index (χ3v) is 4.52. The summed E-state index contributed by atoms with van der Waals surface area (Å²) in [6.07, 6.45) is -2.31. The Kier molecular flexibility index (Phi) is 4.94. The van der Waals surface area contributed by atoms with Gasteiger partial charge in [-0.1, -0.05) is 32.0 Å². The zero-order valence-electron chi connectivity index (χ0n) is 12.6. The molecule has 0 unspecified atom stereocenters. The van der Waals surface area contributed by atoms with Gasteiger partial charge in [0.15, 0.2) is 0 Å². The molecular formula is C16H23F3N2. The Bertz CT molecular complexity index is 467. The highest BCUT2D eigenvalue weighted by molar-refractivity contribution is 5.29. The molecular weight excluding hydrogens is 277 g/mol. The van der Waals surface area contributed by atoms with Crippen molar-refractivity contribution < 1.29 is 13.2 Å². The number of piperazine rings is 1. The molecule has 1 aliphatic heterocycles. The van der Waals surface area contributed by atoms with Gasteiger partial charge in [0.2, 0.25) is 0 Å². The monoisotopic (exact) mass is 300 g/mol. The maximum Gasteiger partial charge on any atom is 0.416 e. The van der Waals surface area contributed by atoms with Gasteiger partial charge in [0.1, 0.15) is 0 Å². The van der Waals surface area contributed by atoms with Gasteiger partial charge in [-0.3, -0.25) is 4.90 Å². The van der Waals surface area contributed by atoms with Crippen LogP contribution in [-0.2, 0) is 12.7 Å². The van der Waals surface area contributed by atoms with E-state index in [9.17, 15) is 13.2 Å². The van der Waals surface area contributed by atoms with Crippen molar-refractivity contribution in [3.8, 4) is 0 Å². The second-order valence-corrected chi connectivity index (χ2v) is 5.78. The summed E-state index contributed by atoms with van der Waals surface area (Å²) in [5.41, 5.74) is -0.110. The maximum atomic E-state index is 13.1. The Morgan fingerprint density at radius 2 is 1.86 bits per heavy atom. The number of alkyl halides is 3. The largest absolute Gasteiger partial charge is 0.416 e. The molecule has 1 aromatic carbocycles.